The molecule has 0 bridgehead atoms. The summed E-state index contributed by atoms with van der Waals surface area (Å²) in [5, 5.41) is 13.8. The van der Waals surface area contributed by atoms with E-state index in [1.807, 2.05) is 61.2 Å². The quantitative estimate of drug-likeness (QED) is 0.508. The molecule has 3 N–H and O–H groups in total. The molecule has 8 heteroatoms. The molecule has 0 aliphatic carbocycles. The van der Waals surface area contributed by atoms with E-state index < -0.39 is 12.0 Å². The molecule has 174 valence electrons. The van der Waals surface area contributed by atoms with E-state index >= 15 is 0 Å². The number of aromatic nitrogens is 1. The largest absolute Gasteiger partial charge is 0.497 e. The van der Waals surface area contributed by atoms with E-state index in [0.717, 1.165) is 41.0 Å². The van der Waals surface area contributed by atoms with Gasteiger partial charge in [0.1, 0.15) is 11.8 Å². The molecule has 1 saturated heterocycles. The number of anilines is 2. The van der Waals surface area contributed by atoms with E-state index in [2.05, 4.69) is 15.2 Å². The number of aromatic amines is 1. The summed E-state index contributed by atoms with van der Waals surface area (Å²) in [6.07, 6.45) is 1.77. The van der Waals surface area contributed by atoms with Crippen molar-refractivity contribution in [3.05, 3.63) is 54.2 Å². The molecule has 2 aromatic carbocycles. The number of nitrogens with zero attached hydrogens (tertiary/aromatic N) is 2. The van der Waals surface area contributed by atoms with Gasteiger partial charge >= 0.3 is 5.97 Å². The van der Waals surface area contributed by atoms with Crippen LogP contribution in [0, 0.1) is 5.92 Å². The summed E-state index contributed by atoms with van der Waals surface area (Å²) in [7, 11) is 1.65. The zero-order valence-electron chi connectivity index (χ0n) is 19.2. The van der Waals surface area contributed by atoms with Crippen molar-refractivity contribution >= 4 is 34.2 Å². The minimum Gasteiger partial charge on any atom is -0.497 e. The van der Waals surface area contributed by atoms with Crippen LogP contribution in [0.15, 0.2) is 48.7 Å². The number of rotatable bonds is 7. The summed E-state index contributed by atoms with van der Waals surface area (Å²) in [4.78, 5) is 31.8. The van der Waals surface area contributed by atoms with Crippen molar-refractivity contribution < 1.29 is 19.4 Å². The number of carboxylic acid groups (broad SMARTS) is 1. The molecular weight excluding hydrogens is 420 g/mol. The fourth-order valence-electron chi connectivity index (χ4n) is 4.26. The molecule has 8 nitrogen and oxygen atoms in total. The number of H-pyrrole nitrogens is 1. The Morgan fingerprint density at radius 1 is 1.06 bits per heavy atom. The van der Waals surface area contributed by atoms with Crippen molar-refractivity contribution in [2.24, 2.45) is 5.92 Å². The van der Waals surface area contributed by atoms with Crippen LogP contribution in [0.2, 0.25) is 0 Å². The van der Waals surface area contributed by atoms with Crippen molar-refractivity contribution in [2.45, 2.75) is 19.9 Å². The van der Waals surface area contributed by atoms with Crippen LogP contribution >= 0.6 is 0 Å². The number of nitrogens with one attached hydrogen (secondary N) is 2. The molecule has 2 heterocycles. The van der Waals surface area contributed by atoms with E-state index in [-0.39, 0.29) is 11.8 Å². The molecule has 0 spiro atoms. The number of hydrogen-bond acceptors (Lipinski definition) is 5. The smallest absolute Gasteiger partial charge is 0.325 e. The molecule has 1 amide bonds. The van der Waals surface area contributed by atoms with Crippen LogP contribution in [0.4, 0.5) is 11.4 Å². The Morgan fingerprint density at radius 2 is 1.76 bits per heavy atom. The van der Waals surface area contributed by atoms with Crippen LogP contribution in [0.5, 0.6) is 5.75 Å². The average Bonchev–Trinajstić information content (AvgIpc) is 3.22. The monoisotopic (exact) mass is 450 g/mol. The Labute approximate surface area is 193 Å². The first kappa shape index (κ1) is 22.7. The first-order valence-corrected chi connectivity index (χ1v) is 11.1. The third-order valence-electron chi connectivity index (χ3n) is 6.15. The van der Waals surface area contributed by atoms with E-state index in [9.17, 15) is 14.7 Å². The van der Waals surface area contributed by atoms with Gasteiger partial charge in [-0.2, -0.15) is 0 Å². The van der Waals surface area contributed by atoms with Gasteiger partial charge in [0.25, 0.3) is 0 Å². The number of aliphatic carboxylic acids is 1. The summed E-state index contributed by atoms with van der Waals surface area (Å²) in [5.41, 5.74) is 3.33. The van der Waals surface area contributed by atoms with Gasteiger partial charge < -0.3 is 25.0 Å². The topological polar surface area (TPSA) is 97.9 Å². The Balaban J connectivity index is 1.50. The average molecular weight is 451 g/mol. The fourth-order valence-corrected chi connectivity index (χ4v) is 4.26. The minimum atomic E-state index is -0.869. The predicted molar refractivity (Wildman–Crippen MR) is 129 cm³/mol. The molecule has 0 unspecified atom stereocenters. The second-order valence-corrected chi connectivity index (χ2v) is 8.61. The number of ether oxygens (including phenoxy) is 1. The lowest BCUT2D eigenvalue weighted by molar-refractivity contribution is -0.143. The highest BCUT2D eigenvalue weighted by Crippen LogP contribution is 2.32. The lowest BCUT2D eigenvalue weighted by Gasteiger charge is -2.38. The number of amides is 1. The number of methoxy groups -OCH3 is 1. The van der Waals surface area contributed by atoms with Gasteiger partial charge in [-0.3, -0.25) is 14.5 Å². The van der Waals surface area contributed by atoms with Crippen molar-refractivity contribution in [1.29, 1.82) is 0 Å². The number of hydrogen-bond donors (Lipinski definition) is 3. The summed E-state index contributed by atoms with van der Waals surface area (Å²) < 4.78 is 5.23. The van der Waals surface area contributed by atoms with Gasteiger partial charge in [-0.15, -0.1) is 0 Å². The summed E-state index contributed by atoms with van der Waals surface area (Å²) in [5.74, 6) is -0.229. The van der Waals surface area contributed by atoms with Gasteiger partial charge in [0.2, 0.25) is 5.91 Å². The van der Waals surface area contributed by atoms with Crippen LogP contribution in [-0.2, 0) is 9.59 Å². The molecular formula is C25H30N4O4. The van der Waals surface area contributed by atoms with E-state index in [1.165, 1.54) is 0 Å². The molecule has 1 fully saturated rings. The van der Waals surface area contributed by atoms with E-state index in [4.69, 9.17) is 4.74 Å². The second-order valence-electron chi connectivity index (χ2n) is 8.61. The number of carboxylic acids is 1. The summed E-state index contributed by atoms with van der Waals surface area (Å²) in [6.45, 7) is 6.43. The molecule has 1 aliphatic heterocycles. The number of carbonyl (C=O) groups is 2. The van der Waals surface area contributed by atoms with Gasteiger partial charge in [-0.25, -0.2) is 0 Å². The molecule has 33 heavy (non-hydrogen) atoms. The van der Waals surface area contributed by atoms with Crippen LogP contribution in [0.25, 0.3) is 10.9 Å². The number of carbonyl (C=O) groups excluding carboxylic acids is 1. The third kappa shape index (κ3) is 4.80. The molecule has 3 aromatic rings. The zero-order valence-corrected chi connectivity index (χ0v) is 19.2. The fraction of sp³-hybridized carbons (Fsp3) is 0.360. The molecule has 1 atom stereocenters. The second kappa shape index (κ2) is 9.54. The molecule has 0 saturated carbocycles. The molecule has 1 aliphatic rings. The van der Waals surface area contributed by atoms with Gasteiger partial charge in [-0.05, 0) is 36.4 Å². The van der Waals surface area contributed by atoms with Gasteiger partial charge in [-0.1, -0.05) is 19.9 Å². The Bertz CT molecular complexity index is 1130. The maximum absolute atomic E-state index is 12.3. The van der Waals surface area contributed by atoms with Crippen LogP contribution < -0.4 is 15.0 Å². The minimum absolute atomic E-state index is 0.0562. The lowest BCUT2D eigenvalue weighted by Crippen LogP contribution is -2.49. The van der Waals surface area contributed by atoms with Crippen LogP contribution in [0.3, 0.4) is 0 Å². The zero-order chi connectivity index (χ0) is 23.5. The summed E-state index contributed by atoms with van der Waals surface area (Å²) >= 11 is 0. The van der Waals surface area contributed by atoms with Gasteiger partial charge in [0, 0.05) is 66.1 Å². The maximum atomic E-state index is 12.3. The van der Waals surface area contributed by atoms with Crippen molar-refractivity contribution in [2.75, 3.05) is 43.5 Å². The van der Waals surface area contributed by atoms with Crippen LogP contribution in [0.1, 0.15) is 25.5 Å². The highest BCUT2D eigenvalue weighted by Gasteiger charge is 2.32. The molecule has 1 aromatic heterocycles. The SMILES string of the molecule is COc1ccc(N2CCN([C@@H](C(=O)O)c3c[nH]c4cc(NC(=O)C(C)C)ccc34)CC2)cc1. The number of piperazine rings is 1. The maximum Gasteiger partial charge on any atom is 0.325 e. The highest BCUT2D eigenvalue weighted by atomic mass is 16.5. The van der Waals surface area contributed by atoms with Crippen LogP contribution in [-0.4, -0.2) is 60.2 Å². The Morgan fingerprint density at radius 3 is 2.36 bits per heavy atom. The molecule has 4 rings (SSSR count). The number of fused-ring (bicyclic) bond motifs is 1. The van der Waals surface area contributed by atoms with E-state index in [0.29, 0.717) is 18.8 Å². The van der Waals surface area contributed by atoms with Gasteiger partial charge in [0.05, 0.1) is 7.11 Å². The van der Waals surface area contributed by atoms with Crippen molar-refractivity contribution in [3.63, 3.8) is 0 Å². The first-order valence-electron chi connectivity index (χ1n) is 11.1. The standard InChI is InChI=1S/C25H30N4O4/c1-16(2)24(30)27-17-4-9-20-21(15-26-22(20)14-17)23(25(31)32)29-12-10-28(11-13-29)18-5-7-19(33-3)8-6-18/h4-9,14-16,23,26H,10-13H2,1-3H3,(H,27,30)(H,31,32)/t23-/m1/s1. The first-order chi connectivity index (χ1) is 15.9. The Kier molecular flexibility index (Phi) is 6.55. The summed E-state index contributed by atoms with van der Waals surface area (Å²) in [6, 6.07) is 12.7. The van der Waals surface area contributed by atoms with Gasteiger partial charge in [0.15, 0.2) is 0 Å². The highest BCUT2D eigenvalue weighted by molar-refractivity contribution is 5.96. The molecule has 0 radical (unpaired) electrons. The Hall–Kier alpha value is -3.52. The lowest BCUT2D eigenvalue weighted by atomic mass is 10.0. The van der Waals surface area contributed by atoms with E-state index in [1.54, 1.807) is 13.3 Å². The normalized spacial score (nSPS) is 15.6. The number of benzene rings is 2. The van der Waals surface area contributed by atoms with Crippen molar-refractivity contribution in [3.8, 4) is 5.75 Å². The van der Waals surface area contributed by atoms with Crippen molar-refractivity contribution in [1.82, 2.24) is 9.88 Å². The predicted octanol–water partition coefficient (Wildman–Crippen LogP) is 3.72. The third-order valence-corrected chi connectivity index (χ3v) is 6.15.